The molecule has 0 aliphatic rings. The molecule has 0 aliphatic carbocycles. The Morgan fingerprint density at radius 3 is 2.61 bits per heavy atom. The van der Waals surface area contributed by atoms with Crippen LogP contribution in [0.5, 0.6) is 5.75 Å². The Morgan fingerprint density at radius 2 is 2.00 bits per heavy atom. The number of pyridine rings is 1. The van der Waals surface area contributed by atoms with Crippen molar-refractivity contribution in [3.8, 4) is 5.75 Å². The van der Waals surface area contributed by atoms with Crippen LogP contribution in [-0.4, -0.2) is 11.3 Å². The second-order valence-electron chi connectivity index (χ2n) is 3.57. The van der Waals surface area contributed by atoms with E-state index in [2.05, 4.69) is 25.7 Å². The van der Waals surface area contributed by atoms with Crippen molar-refractivity contribution in [2.75, 3.05) is 0 Å². The van der Waals surface area contributed by atoms with Gasteiger partial charge in [-0.3, -0.25) is 4.98 Å². The summed E-state index contributed by atoms with van der Waals surface area (Å²) in [4.78, 5) is 3.95. The number of benzene rings is 1. The SMILES string of the molecule is Cc1cnc2c(OC(F)(F)F)ccc(Br)c2c1Cl. The van der Waals surface area contributed by atoms with Gasteiger partial charge in [0.2, 0.25) is 0 Å². The van der Waals surface area contributed by atoms with E-state index in [9.17, 15) is 13.2 Å². The highest BCUT2D eigenvalue weighted by Gasteiger charge is 2.32. The van der Waals surface area contributed by atoms with Crippen molar-refractivity contribution in [3.63, 3.8) is 0 Å². The second kappa shape index (κ2) is 4.59. The Labute approximate surface area is 114 Å². The first-order chi connectivity index (χ1) is 8.29. The highest BCUT2D eigenvalue weighted by molar-refractivity contribution is 9.10. The van der Waals surface area contributed by atoms with E-state index in [-0.39, 0.29) is 11.3 Å². The van der Waals surface area contributed by atoms with Gasteiger partial charge in [0.15, 0.2) is 5.75 Å². The monoisotopic (exact) mass is 339 g/mol. The highest BCUT2D eigenvalue weighted by Crippen LogP contribution is 2.38. The minimum Gasteiger partial charge on any atom is -0.403 e. The average Bonchev–Trinajstić information content (AvgIpc) is 2.25. The number of fused-ring (bicyclic) bond motifs is 1. The van der Waals surface area contributed by atoms with Crippen molar-refractivity contribution in [2.24, 2.45) is 0 Å². The third kappa shape index (κ3) is 2.54. The lowest BCUT2D eigenvalue weighted by atomic mass is 10.1. The van der Waals surface area contributed by atoms with Crippen LogP contribution < -0.4 is 4.74 Å². The Kier molecular flexibility index (Phi) is 3.42. The number of ether oxygens (including phenoxy) is 1. The lowest BCUT2D eigenvalue weighted by Crippen LogP contribution is -2.17. The molecule has 0 aliphatic heterocycles. The van der Waals surface area contributed by atoms with Gasteiger partial charge in [0.05, 0.1) is 5.02 Å². The van der Waals surface area contributed by atoms with E-state index in [1.54, 1.807) is 6.92 Å². The van der Waals surface area contributed by atoms with Crippen LogP contribution >= 0.6 is 27.5 Å². The number of hydrogen-bond donors (Lipinski definition) is 0. The first kappa shape index (κ1) is 13.4. The van der Waals surface area contributed by atoms with Gasteiger partial charge in [-0.25, -0.2) is 0 Å². The van der Waals surface area contributed by atoms with E-state index in [0.717, 1.165) is 0 Å². The maximum absolute atomic E-state index is 12.3. The van der Waals surface area contributed by atoms with Crippen LogP contribution in [0.25, 0.3) is 10.9 Å². The molecular formula is C11H6BrClF3NO. The summed E-state index contributed by atoms with van der Waals surface area (Å²) in [5, 5.41) is 0.748. The number of alkyl halides is 3. The number of rotatable bonds is 1. The van der Waals surface area contributed by atoms with Crippen molar-refractivity contribution in [3.05, 3.63) is 33.4 Å². The van der Waals surface area contributed by atoms with E-state index in [4.69, 9.17) is 11.6 Å². The topological polar surface area (TPSA) is 22.1 Å². The minimum absolute atomic E-state index is 0.0669. The van der Waals surface area contributed by atoms with Gasteiger partial charge >= 0.3 is 6.36 Å². The van der Waals surface area contributed by atoms with Gasteiger partial charge in [-0.2, -0.15) is 0 Å². The number of aromatic nitrogens is 1. The molecule has 18 heavy (non-hydrogen) atoms. The van der Waals surface area contributed by atoms with Crippen molar-refractivity contribution >= 4 is 38.4 Å². The van der Waals surface area contributed by atoms with E-state index in [1.807, 2.05) is 0 Å². The molecule has 1 heterocycles. The van der Waals surface area contributed by atoms with Gasteiger partial charge in [0.1, 0.15) is 5.52 Å². The normalized spacial score (nSPS) is 11.9. The fraction of sp³-hybridized carbons (Fsp3) is 0.182. The van der Waals surface area contributed by atoms with E-state index < -0.39 is 6.36 Å². The average molecular weight is 341 g/mol. The van der Waals surface area contributed by atoms with Crippen molar-refractivity contribution < 1.29 is 17.9 Å². The molecule has 2 nitrogen and oxygen atoms in total. The zero-order valence-electron chi connectivity index (χ0n) is 8.98. The van der Waals surface area contributed by atoms with Crippen molar-refractivity contribution in [1.82, 2.24) is 4.98 Å². The lowest BCUT2D eigenvalue weighted by Gasteiger charge is -2.13. The molecule has 0 atom stereocenters. The van der Waals surface area contributed by atoms with Gasteiger partial charge in [-0.15, -0.1) is 13.2 Å². The summed E-state index contributed by atoms with van der Waals surface area (Å²) in [5.74, 6) is -0.373. The fourth-order valence-electron chi connectivity index (χ4n) is 1.51. The summed E-state index contributed by atoms with van der Waals surface area (Å²) < 4.78 is 41.3. The van der Waals surface area contributed by atoms with Crippen LogP contribution in [0.15, 0.2) is 22.8 Å². The third-order valence-electron chi connectivity index (χ3n) is 2.27. The standard InChI is InChI=1S/C11H6BrClF3NO/c1-5-4-17-10-7(18-11(14,15)16)3-2-6(12)8(10)9(5)13/h2-4H,1H3. The molecule has 1 aromatic heterocycles. The molecule has 2 rings (SSSR count). The van der Waals surface area contributed by atoms with Crippen LogP contribution in [-0.2, 0) is 0 Å². The predicted octanol–water partition coefficient (Wildman–Crippen LogP) is 4.86. The maximum atomic E-state index is 12.3. The predicted molar refractivity (Wildman–Crippen MR) is 65.9 cm³/mol. The molecule has 0 unspecified atom stereocenters. The second-order valence-corrected chi connectivity index (χ2v) is 4.80. The van der Waals surface area contributed by atoms with Crippen LogP contribution in [0.3, 0.4) is 0 Å². The summed E-state index contributed by atoms with van der Waals surface area (Å²) in [7, 11) is 0. The van der Waals surface area contributed by atoms with Crippen molar-refractivity contribution in [2.45, 2.75) is 13.3 Å². The summed E-state index contributed by atoms with van der Waals surface area (Å²) in [6.45, 7) is 1.72. The maximum Gasteiger partial charge on any atom is 0.573 e. The van der Waals surface area contributed by atoms with Crippen LogP contribution in [0.4, 0.5) is 13.2 Å². The summed E-state index contributed by atoms with van der Waals surface area (Å²) >= 11 is 9.30. The molecule has 0 amide bonds. The van der Waals surface area contributed by atoms with E-state index in [0.29, 0.717) is 20.4 Å². The number of halogens is 5. The van der Waals surface area contributed by atoms with Crippen LogP contribution in [0.1, 0.15) is 5.56 Å². The van der Waals surface area contributed by atoms with E-state index >= 15 is 0 Å². The van der Waals surface area contributed by atoms with Crippen molar-refractivity contribution in [1.29, 1.82) is 0 Å². The van der Waals surface area contributed by atoms with Gasteiger partial charge in [-0.1, -0.05) is 27.5 Å². The lowest BCUT2D eigenvalue weighted by molar-refractivity contribution is -0.274. The summed E-state index contributed by atoms with van der Waals surface area (Å²) in [5.41, 5.74) is 0.742. The molecule has 2 aromatic rings. The van der Waals surface area contributed by atoms with E-state index in [1.165, 1.54) is 18.3 Å². The Hall–Kier alpha value is -1.01. The van der Waals surface area contributed by atoms with Crippen LogP contribution in [0.2, 0.25) is 5.02 Å². The number of hydrogen-bond acceptors (Lipinski definition) is 2. The molecule has 0 N–H and O–H groups in total. The fourth-order valence-corrected chi connectivity index (χ4v) is 2.38. The summed E-state index contributed by atoms with van der Waals surface area (Å²) in [6.07, 6.45) is -3.36. The Morgan fingerprint density at radius 1 is 1.33 bits per heavy atom. The number of aryl methyl sites for hydroxylation is 1. The molecule has 0 radical (unpaired) electrons. The molecule has 7 heteroatoms. The molecule has 1 aromatic carbocycles. The van der Waals surface area contributed by atoms with Crippen LogP contribution in [0, 0.1) is 6.92 Å². The molecule has 0 fully saturated rings. The minimum atomic E-state index is -4.76. The van der Waals surface area contributed by atoms with Gasteiger partial charge in [0, 0.05) is 16.1 Å². The molecule has 0 bridgehead atoms. The molecule has 0 saturated heterocycles. The molecular weight excluding hydrogens is 334 g/mol. The first-order valence-corrected chi connectivity index (χ1v) is 5.96. The Balaban J connectivity index is 2.72. The zero-order valence-corrected chi connectivity index (χ0v) is 11.3. The summed E-state index contributed by atoms with van der Waals surface area (Å²) in [6, 6.07) is 2.63. The smallest absolute Gasteiger partial charge is 0.403 e. The third-order valence-corrected chi connectivity index (χ3v) is 3.42. The zero-order chi connectivity index (χ0) is 13.5. The largest absolute Gasteiger partial charge is 0.573 e. The van der Waals surface area contributed by atoms with Gasteiger partial charge in [-0.05, 0) is 24.6 Å². The quantitative estimate of drug-likeness (QED) is 0.740. The molecule has 0 spiro atoms. The first-order valence-electron chi connectivity index (χ1n) is 4.78. The van der Waals surface area contributed by atoms with Gasteiger partial charge in [0.25, 0.3) is 0 Å². The molecule has 0 saturated carbocycles. The highest BCUT2D eigenvalue weighted by atomic mass is 79.9. The molecule has 96 valence electrons. The Bertz CT molecular complexity index is 615. The number of nitrogens with zero attached hydrogens (tertiary/aromatic N) is 1. The van der Waals surface area contributed by atoms with Gasteiger partial charge < -0.3 is 4.74 Å².